The summed E-state index contributed by atoms with van der Waals surface area (Å²) in [5, 5.41) is 5.25. The predicted octanol–water partition coefficient (Wildman–Crippen LogP) is 4.70. The molecule has 10 heteroatoms. The van der Waals surface area contributed by atoms with Crippen LogP contribution in [0.4, 0.5) is 9.18 Å². The summed E-state index contributed by atoms with van der Waals surface area (Å²) >= 11 is 0. The maximum atomic E-state index is 14.6. The summed E-state index contributed by atoms with van der Waals surface area (Å²) in [6.07, 6.45) is 0.760. The standard InChI is InChI=1S/C21H34FN2O6P/c1-5-28-31(27)30-17-13-9-8-12-16(17)18(22)19(25)23-14-10-6-7-11-15-24-20(26)29-21(2,3)4/h8-9,12-13,18,31H,5-7,10-11,14-15H2,1-4H3,(H,23,25)(H,24,26). The fourth-order valence-corrected chi connectivity index (χ4v) is 3.23. The Morgan fingerprint density at radius 3 is 2.29 bits per heavy atom. The molecule has 0 heterocycles. The number of carbonyl (C=O) groups excluding carboxylic acids is 2. The molecule has 0 aromatic heterocycles. The molecule has 2 N–H and O–H groups in total. The maximum absolute atomic E-state index is 14.6. The second-order valence-corrected chi connectivity index (χ2v) is 8.81. The van der Waals surface area contributed by atoms with Crippen LogP contribution in [0.25, 0.3) is 0 Å². The van der Waals surface area contributed by atoms with Gasteiger partial charge in [-0.1, -0.05) is 31.0 Å². The lowest BCUT2D eigenvalue weighted by Gasteiger charge is -2.19. The Balaban J connectivity index is 2.28. The van der Waals surface area contributed by atoms with Crippen molar-refractivity contribution in [2.45, 2.75) is 65.2 Å². The van der Waals surface area contributed by atoms with Crippen molar-refractivity contribution in [2.75, 3.05) is 19.7 Å². The fraction of sp³-hybridized carbons (Fsp3) is 0.619. The molecule has 0 aliphatic rings. The van der Waals surface area contributed by atoms with Gasteiger partial charge in [0.2, 0.25) is 6.17 Å². The van der Waals surface area contributed by atoms with Gasteiger partial charge in [0, 0.05) is 18.7 Å². The number of nitrogens with one attached hydrogen (secondary N) is 2. The molecule has 0 saturated heterocycles. The van der Waals surface area contributed by atoms with E-state index < -0.39 is 32.0 Å². The molecule has 0 radical (unpaired) electrons. The molecular formula is C21H34FN2O6P. The van der Waals surface area contributed by atoms with E-state index >= 15 is 0 Å². The van der Waals surface area contributed by atoms with E-state index in [4.69, 9.17) is 13.8 Å². The summed E-state index contributed by atoms with van der Waals surface area (Å²) in [7, 11) is -2.80. The first kappa shape index (κ1) is 26.9. The monoisotopic (exact) mass is 460 g/mol. The minimum atomic E-state index is -2.80. The van der Waals surface area contributed by atoms with Gasteiger partial charge in [-0.25, -0.2) is 13.8 Å². The molecule has 1 aromatic rings. The second kappa shape index (κ2) is 14.0. The van der Waals surface area contributed by atoms with Crippen LogP contribution >= 0.6 is 8.25 Å². The van der Waals surface area contributed by atoms with Gasteiger partial charge in [0.15, 0.2) is 0 Å². The topological polar surface area (TPSA) is 103 Å². The van der Waals surface area contributed by atoms with E-state index in [0.29, 0.717) is 19.5 Å². The Bertz CT molecular complexity index is 726. The third-order valence-electron chi connectivity index (χ3n) is 3.95. The number of alkyl halides is 1. The van der Waals surface area contributed by atoms with Gasteiger partial charge in [-0.3, -0.25) is 4.79 Å². The molecule has 0 spiro atoms. The van der Waals surface area contributed by atoms with Crippen LogP contribution in [-0.2, 0) is 18.6 Å². The van der Waals surface area contributed by atoms with Crippen molar-refractivity contribution in [3.05, 3.63) is 29.8 Å². The van der Waals surface area contributed by atoms with Crippen molar-refractivity contribution in [3.63, 3.8) is 0 Å². The molecule has 1 rings (SSSR count). The molecule has 0 saturated carbocycles. The minimum absolute atomic E-state index is 0.00581. The Hall–Kier alpha value is -2.12. The molecule has 1 aromatic carbocycles. The van der Waals surface area contributed by atoms with E-state index in [2.05, 4.69) is 10.6 Å². The van der Waals surface area contributed by atoms with E-state index in [0.717, 1.165) is 19.3 Å². The summed E-state index contributed by atoms with van der Waals surface area (Å²) in [6.45, 7) is 8.12. The number of halogens is 1. The lowest BCUT2D eigenvalue weighted by molar-refractivity contribution is -0.126. The summed E-state index contributed by atoms with van der Waals surface area (Å²) in [5.41, 5.74) is -0.517. The number of para-hydroxylation sites is 1. The Kier molecular flexibility index (Phi) is 12.2. The zero-order valence-electron chi connectivity index (χ0n) is 18.7. The number of carbonyl (C=O) groups is 2. The number of rotatable bonds is 13. The van der Waals surface area contributed by atoms with Gasteiger partial charge < -0.3 is 24.4 Å². The molecule has 0 aliphatic carbocycles. The van der Waals surface area contributed by atoms with Crippen LogP contribution < -0.4 is 15.2 Å². The highest BCUT2D eigenvalue weighted by molar-refractivity contribution is 7.33. The highest BCUT2D eigenvalue weighted by Gasteiger charge is 2.23. The van der Waals surface area contributed by atoms with Crippen molar-refractivity contribution in [2.24, 2.45) is 0 Å². The van der Waals surface area contributed by atoms with Gasteiger partial charge >= 0.3 is 14.3 Å². The first-order valence-electron chi connectivity index (χ1n) is 10.5. The highest BCUT2D eigenvalue weighted by Crippen LogP contribution is 2.34. The van der Waals surface area contributed by atoms with Crippen molar-refractivity contribution >= 4 is 20.3 Å². The third-order valence-corrected chi connectivity index (χ3v) is 4.86. The van der Waals surface area contributed by atoms with E-state index in [9.17, 15) is 18.5 Å². The molecule has 0 fully saturated rings. The highest BCUT2D eigenvalue weighted by atomic mass is 31.1. The van der Waals surface area contributed by atoms with Crippen LogP contribution in [0.2, 0.25) is 0 Å². The van der Waals surface area contributed by atoms with Gasteiger partial charge in [-0.05, 0) is 46.6 Å². The van der Waals surface area contributed by atoms with E-state index in [-0.39, 0.29) is 17.9 Å². The molecular weight excluding hydrogens is 426 g/mol. The fourth-order valence-electron chi connectivity index (χ4n) is 2.57. The van der Waals surface area contributed by atoms with Crippen molar-refractivity contribution in [3.8, 4) is 5.75 Å². The van der Waals surface area contributed by atoms with Crippen LogP contribution in [-0.4, -0.2) is 37.3 Å². The Morgan fingerprint density at radius 1 is 1.06 bits per heavy atom. The van der Waals surface area contributed by atoms with Gasteiger partial charge in [0.1, 0.15) is 11.4 Å². The number of hydrogen-bond acceptors (Lipinski definition) is 6. The second-order valence-electron chi connectivity index (χ2n) is 7.82. The summed E-state index contributed by atoms with van der Waals surface area (Å²) in [4.78, 5) is 23.6. The van der Waals surface area contributed by atoms with Crippen molar-refractivity contribution < 1.29 is 32.3 Å². The number of amides is 2. The lowest BCUT2D eigenvalue weighted by Crippen LogP contribution is -2.33. The smallest absolute Gasteiger partial charge is 0.407 e. The normalized spacial score (nSPS) is 13.2. The number of benzene rings is 1. The number of ether oxygens (including phenoxy) is 1. The quantitative estimate of drug-likeness (QED) is 0.327. The summed E-state index contributed by atoms with van der Waals surface area (Å²) in [5.74, 6) is -0.751. The van der Waals surface area contributed by atoms with Crippen LogP contribution in [0.15, 0.2) is 24.3 Å². The summed E-state index contributed by atoms with van der Waals surface area (Å²) < 4.78 is 41.4. The molecule has 176 valence electrons. The molecule has 2 atom stereocenters. The predicted molar refractivity (Wildman–Crippen MR) is 117 cm³/mol. The first-order valence-corrected chi connectivity index (χ1v) is 11.7. The first-order chi connectivity index (χ1) is 14.6. The zero-order chi connectivity index (χ0) is 23.3. The number of unbranched alkanes of at least 4 members (excludes halogenated alkanes) is 3. The third kappa shape index (κ3) is 11.7. The van der Waals surface area contributed by atoms with E-state index in [1.165, 1.54) is 12.1 Å². The zero-order valence-corrected chi connectivity index (χ0v) is 19.7. The average Bonchev–Trinajstić information content (AvgIpc) is 2.68. The molecule has 2 unspecified atom stereocenters. The maximum Gasteiger partial charge on any atom is 0.407 e. The average molecular weight is 460 g/mol. The Labute approximate surface area is 184 Å². The number of hydrogen-bond donors (Lipinski definition) is 2. The Morgan fingerprint density at radius 2 is 1.68 bits per heavy atom. The van der Waals surface area contributed by atoms with Crippen molar-refractivity contribution in [1.82, 2.24) is 10.6 Å². The van der Waals surface area contributed by atoms with Crippen LogP contribution in [0.1, 0.15) is 65.1 Å². The van der Waals surface area contributed by atoms with Gasteiger partial charge in [0.25, 0.3) is 5.91 Å². The molecule has 0 aliphatic heterocycles. The van der Waals surface area contributed by atoms with Gasteiger partial charge in [-0.15, -0.1) is 0 Å². The lowest BCUT2D eigenvalue weighted by atomic mass is 10.1. The number of alkyl carbamates (subject to hydrolysis) is 1. The molecule has 8 nitrogen and oxygen atoms in total. The SMILES string of the molecule is CCO[PH](=O)Oc1ccccc1C(F)C(=O)NCCCCCCNC(=O)OC(C)(C)C. The molecule has 0 bridgehead atoms. The molecule has 2 amide bonds. The van der Waals surface area contributed by atoms with Crippen LogP contribution in [0, 0.1) is 0 Å². The largest absolute Gasteiger partial charge is 0.444 e. The summed E-state index contributed by atoms with van der Waals surface area (Å²) in [6, 6.07) is 6.04. The van der Waals surface area contributed by atoms with Crippen molar-refractivity contribution in [1.29, 1.82) is 0 Å². The van der Waals surface area contributed by atoms with Crippen LogP contribution in [0.3, 0.4) is 0 Å². The van der Waals surface area contributed by atoms with Gasteiger partial charge in [-0.2, -0.15) is 0 Å². The minimum Gasteiger partial charge on any atom is -0.444 e. The molecule has 31 heavy (non-hydrogen) atoms. The van der Waals surface area contributed by atoms with E-state index in [1.54, 1.807) is 39.8 Å². The van der Waals surface area contributed by atoms with Crippen LogP contribution in [0.5, 0.6) is 5.75 Å². The van der Waals surface area contributed by atoms with E-state index in [1.807, 2.05) is 0 Å². The van der Waals surface area contributed by atoms with Gasteiger partial charge in [0.05, 0.1) is 6.61 Å².